The SMILES string of the molecule is CC(C)N(CC(=O)N1CCc2sccc2C1COc1ccc(Cl)cc1)C(=O)C1CCCC1. The second kappa shape index (κ2) is 10.3. The number of halogens is 1. The zero-order valence-electron chi connectivity index (χ0n) is 18.8. The highest BCUT2D eigenvalue weighted by Crippen LogP contribution is 2.34. The summed E-state index contributed by atoms with van der Waals surface area (Å²) in [7, 11) is 0. The first-order chi connectivity index (χ1) is 15.4. The van der Waals surface area contributed by atoms with Gasteiger partial charge in [-0.3, -0.25) is 9.59 Å². The Morgan fingerprint density at radius 1 is 1.19 bits per heavy atom. The zero-order valence-corrected chi connectivity index (χ0v) is 20.3. The molecule has 1 atom stereocenters. The lowest BCUT2D eigenvalue weighted by molar-refractivity contribution is -0.146. The summed E-state index contributed by atoms with van der Waals surface area (Å²) >= 11 is 7.72. The van der Waals surface area contributed by atoms with E-state index in [9.17, 15) is 9.59 Å². The fourth-order valence-electron chi connectivity index (χ4n) is 4.74. The Morgan fingerprint density at radius 2 is 1.91 bits per heavy atom. The molecular formula is C25H31ClN2O3S. The summed E-state index contributed by atoms with van der Waals surface area (Å²) in [6, 6.07) is 9.21. The molecule has 2 aromatic rings. The van der Waals surface area contributed by atoms with Crippen molar-refractivity contribution in [3.63, 3.8) is 0 Å². The maximum atomic E-state index is 13.5. The highest BCUT2D eigenvalue weighted by molar-refractivity contribution is 7.10. The van der Waals surface area contributed by atoms with Crippen LogP contribution in [0.5, 0.6) is 5.75 Å². The first-order valence-corrected chi connectivity index (χ1v) is 12.7. The Balaban J connectivity index is 1.49. The minimum absolute atomic E-state index is 0.00248. The van der Waals surface area contributed by atoms with Gasteiger partial charge >= 0.3 is 0 Å². The molecule has 0 saturated heterocycles. The summed E-state index contributed by atoms with van der Waals surface area (Å²) in [6.45, 7) is 5.13. The monoisotopic (exact) mass is 474 g/mol. The third-order valence-corrected chi connectivity index (χ3v) is 7.80. The summed E-state index contributed by atoms with van der Waals surface area (Å²) in [5, 5.41) is 2.74. The summed E-state index contributed by atoms with van der Waals surface area (Å²) < 4.78 is 6.06. The van der Waals surface area contributed by atoms with Gasteiger partial charge in [-0.1, -0.05) is 24.4 Å². The van der Waals surface area contributed by atoms with Crippen LogP contribution < -0.4 is 4.74 Å². The summed E-state index contributed by atoms with van der Waals surface area (Å²) in [5.74, 6) is 0.920. The van der Waals surface area contributed by atoms with Gasteiger partial charge in [0.15, 0.2) is 0 Å². The lowest BCUT2D eigenvalue weighted by Gasteiger charge is -2.38. The zero-order chi connectivity index (χ0) is 22.7. The van der Waals surface area contributed by atoms with Gasteiger partial charge in [-0.2, -0.15) is 0 Å². The molecule has 0 bridgehead atoms. The Morgan fingerprint density at radius 3 is 2.59 bits per heavy atom. The molecule has 1 aliphatic heterocycles. The van der Waals surface area contributed by atoms with Crippen molar-refractivity contribution < 1.29 is 14.3 Å². The average Bonchev–Trinajstić information content (AvgIpc) is 3.48. The molecule has 0 spiro atoms. The van der Waals surface area contributed by atoms with Gasteiger partial charge in [0.1, 0.15) is 18.9 Å². The van der Waals surface area contributed by atoms with Crippen molar-refractivity contribution in [1.29, 1.82) is 0 Å². The van der Waals surface area contributed by atoms with Crippen LogP contribution >= 0.6 is 22.9 Å². The normalized spacial score (nSPS) is 18.6. The van der Waals surface area contributed by atoms with Gasteiger partial charge in [-0.15, -0.1) is 11.3 Å². The molecule has 2 amide bonds. The standard InChI is InChI=1S/C25H31ClN2O3S/c1-17(2)28(25(30)18-5-3-4-6-18)15-24(29)27-13-11-23-21(12-14-32-23)22(27)16-31-20-9-7-19(26)8-10-20/h7-10,12,14,17-18,22H,3-6,11,13,15-16H2,1-2H3. The van der Waals surface area contributed by atoms with Crippen LogP contribution in [-0.4, -0.2) is 47.4 Å². The second-order valence-corrected chi connectivity index (χ2v) is 10.4. The number of ether oxygens (including phenoxy) is 1. The molecule has 0 N–H and O–H groups in total. The number of amides is 2. The first-order valence-electron chi connectivity index (χ1n) is 11.5. The van der Waals surface area contributed by atoms with Crippen LogP contribution in [0.2, 0.25) is 5.02 Å². The van der Waals surface area contributed by atoms with Crippen LogP contribution in [0.15, 0.2) is 35.7 Å². The largest absolute Gasteiger partial charge is 0.491 e. The molecule has 1 aromatic heterocycles. The van der Waals surface area contributed by atoms with E-state index in [0.29, 0.717) is 18.2 Å². The van der Waals surface area contributed by atoms with E-state index in [2.05, 4.69) is 11.4 Å². The second-order valence-electron chi connectivity index (χ2n) is 8.96. The Kier molecular flexibility index (Phi) is 7.41. The predicted molar refractivity (Wildman–Crippen MR) is 128 cm³/mol. The van der Waals surface area contributed by atoms with E-state index in [4.69, 9.17) is 16.3 Å². The smallest absolute Gasteiger partial charge is 0.242 e. The van der Waals surface area contributed by atoms with Crippen molar-refractivity contribution in [2.45, 2.75) is 58.0 Å². The Hall–Kier alpha value is -2.05. The molecule has 1 aliphatic carbocycles. The molecule has 1 unspecified atom stereocenters. The van der Waals surface area contributed by atoms with Crippen molar-refractivity contribution in [3.8, 4) is 5.75 Å². The van der Waals surface area contributed by atoms with Crippen molar-refractivity contribution in [1.82, 2.24) is 9.80 Å². The maximum absolute atomic E-state index is 13.5. The van der Waals surface area contributed by atoms with E-state index < -0.39 is 0 Å². The van der Waals surface area contributed by atoms with E-state index in [1.807, 2.05) is 30.9 Å². The molecule has 2 aliphatic rings. The van der Waals surface area contributed by atoms with Gasteiger partial charge in [-0.05, 0) is 74.4 Å². The van der Waals surface area contributed by atoms with Crippen LogP contribution in [0, 0.1) is 5.92 Å². The van der Waals surface area contributed by atoms with Gasteiger partial charge in [0, 0.05) is 28.4 Å². The fourth-order valence-corrected chi connectivity index (χ4v) is 5.79. The minimum atomic E-state index is -0.163. The first kappa shape index (κ1) is 23.1. The average molecular weight is 475 g/mol. The molecular weight excluding hydrogens is 444 g/mol. The third-order valence-electron chi connectivity index (χ3n) is 6.55. The number of carbonyl (C=O) groups excluding carboxylic acids is 2. The number of thiophene rings is 1. The van der Waals surface area contributed by atoms with E-state index in [0.717, 1.165) is 43.4 Å². The number of nitrogens with zero attached hydrogens (tertiary/aromatic N) is 2. The van der Waals surface area contributed by atoms with Crippen molar-refractivity contribution in [2.75, 3.05) is 19.7 Å². The highest BCUT2D eigenvalue weighted by atomic mass is 35.5. The lowest BCUT2D eigenvalue weighted by atomic mass is 10.00. The molecule has 1 aromatic carbocycles. The number of benzene rings is 1. The van der Waals surface area contributed by atoms with Crippen LogP contribution in [0.1, 0.15) is 56.0 Å². The number of carbonyl (C=O) groups is 2. The molecule has 5 nitrogen and oxygen atoms in total. The molecule has 1 saturated carbocycles. The van der Waals surface area contributed by atoms with Gasteiger partial charge in [0.2, 0.25) is 11.8 Å². The summed E-state index contributed by atoms with van der Waals surface area (Å²) in [5.41, 5.74) is 1.15. The predicted octanol–water partition coefficient (Wildman–Crippen LogP) is 5.33. The topological polar surface area (TPSA) is 49.9 Å². The third kappa shape index (κ3) is 5.12. The molecule has 2 heterocycles. The van der Waals surface area contributed by atoms with E-state index >= 15 is 0 Å². The van der Waals surface area contributed by atoms with Crippen molar-refractivity contribution >= 4 is 34.8 Å². The Bertz CT molecular complexity index is 937. The minimum Gasteiger partial charge on any atom is -0.491 e. The highest BCUT2D eigenvalue weighted by Gasteiger charge is 2.35. The lowest BCUT2D eigenvalue weighted by Crippen LogP contribution is -2.50. The van der Waals surface area contributed by atoms with E-state index in [1.165, 1.54) is 4.88 Å². The van der Waals surface area contributed by atoms with Crippen LogP contribution in [0.3, 0.4) is 0 Å². The summed E-state index contributed by atoms with van der Waals surface area (Å²) in [4.78, 5) is 31.6. The molecule has 172 valence electrons. The quantitative estimate of drug-likeness (QED) is 0.544. The molecule has 7 heteroatoms. The fraction of sp³-hybridized carbons (Fsp3) is 0.520. The Labute approximate surface area is 199 Å². The molecule has 1 fully saturated rings. The van der Waals surface area contributed by atoms with Crippen molar-refractivity contribution in [3.05, 3.63) is 51.2 Å². The van der Waals surface area contributed by atoms with Gasteiger partial charge in [-0.25, -0.2) is 0 Å². The molecule has 0 radical (unpaired) electrons. The van der Waals surface area contributed by atoms with Gasteiger partial charge < -0.3 is 14.5 Å². The van der Waals surface area contributed by atoms with Crippen LogP contribution in [0.4, 0.5) is 0 Å². The summed E-state index contributed by atoms with van der Waals surface area (Å²) in [6.07, 6.45) is 4.93. The van der Waals surface area contributed by atoms with Crippen LogP contribution in [0.25, 0.3) is 0 Å². The number of rotatable bonds is 7. The van der Waals surface area contributed by atoms with E-state index in [1.54, 1.807) is 28.4 Å². The number of fused-ring (bicyclic) bond motifs is 1. The van der Waals surface area contributed by atoms with Gasteiger partial charge in [0.25, 0.3) is 0 Å². The molecule has 32 heavy (non-hydrogen) atoms. The van der Waals surface area contributed by atoms with E-state index in [-0.39, 0.29) is 36.4 Å². The van der Waals surface area contributed by atoms with Gasteiger partial charge in [0.05, 0.1) is 6.04 Å². The number of hydrogen-bond acceptors (Lipinski definition) is 4. The van der Waals surface area contributed by atoms with Crippen LogP contribution in [-0.2, 0) is 16.0 Å². The van der Waals surface area contributed by atoms with Crippen molar-refractivity contribution in [2.24, 2.45) is 5.92 Å². The molecule has 4 rings (SSSR count). The number of hydrogen-bond donors (Lipinski definition) is 0. The maximum Gasteiger partial charge on any atom is 0.242 e.